The first-order chi connectivity index (χ1) is 12.9. The maximum Gasteiger partial charge on any atom is 0.251 e. The molecule has 0 aliphatic heterocycles. The maximum atomic E-state index is 12.0. The summed E-state index contributed by atoms with van der Waals surface area (Å²) in [6.07, 6.45) is -0.00278. The number of nitrogens with one attached hydrogen (secondary N) is 3. The normalized spacial score (nSPS) is 11.0. The van der Waals surface area contributed by atoms with Crippen LogP contribution in [0.25, 0.3) is 0 Å². The lowest BCUT2D eigenvalue weighted by Crippen LogP contribution is -2.36. The molecule has 2 aromatic carbocycles. The molecule has 0 heterocycles. The predicted octanol–water partition coefficient (Wildman–Crippen LogP) is 1.55. The van der Waals surface area contributed by atoms with Crippen LogP contribution in [0.15, 0.2) is 59.5 Å². The van der Waals surface area contributed by atoms with Crippen molar-refractivity contribution in [3.8, 4) is 0 Å². The molecule has 0 fully saturated rings. The van der Waals surface area contributed by atoms with Crippen LogP contribution in [-0.2, 0) is 14.8 Å². The van der Waals surface area contributed by atoms with Crippen molar-refractivity contribution < 1.29 is 18.0 Å². The summed E-state index contributed by atoms with van der Waals surface area (Å²) >= 11 is 5.76. The number of sulfonamides is 1. The van der Waals surface area contributed by atoms with Crippen LogP contribution in [-0.4, -0.2) is 39.9 Å². The van der Waals surface area contributed by atoms with E-state index in [1.807, 2.05) is 0 Å². The quantitative estimate of drug-likeness (QED) is 0.546. The van der Waals surface area contributed by atoms with Gasteiger partial charge in [-0.3, -0.25) is 9.59 Å². The highest BCUT2D eigenvalue weighted by molar-refractivity contribution is 7.89. The summed E-state index contributed by atoms with van der Waals surface area (Å²) in [5.74, 6) is -0.581. The van der Waals surface area contributed by atoms with Gasteiger partial charge in [0, 0.05) is 36.6 Å². The molecule has 0 saturated carbocycles. The Hall–Kier alpha value is -2.42. The van der Waals surface area contributed by atoms with Gasteiger partial charge in [0.2, 0.25) is 15.9 Å². The Morgan fingerprint density at radius 3 is 2.15 bits per heavy atom. The van der Waals surface area contributed by atoms with Gasteiger partial charge in [-0.1, -0.05) is 29.8 Å². The van der Waals surface area contributed by atoms with Gasteiger partial charge in [0.1, 0.15) is 0 Å². The summed E-state index contributed by atoms with van der Waals surface area (Å²) in [6, 6.07) is 14.4. The molecule has 0 aliphatic rings. The summed E-state index contributed by atoms with van der Waals surface area (Å²) < 4.78 is 26.4. The Morgan fingerprint density at radius 1 is 0.852 bits per heavy atom. The number of hydrogen-bond acceptors (Lipinski definition) is 4. The number of benzene rings is 2. The average Bonchev–Trinajstić information content (AvgIpc) is 2.66. The van der Waals surface area contributed by atoms with E-state index in [9.17, 15) is 18.0 Å². The maximum absolute atomic E-state index is 12.0. The van der Waals surface area contributed by atoms with Gasteiger partial charge in [0.05, 0.1) is 4.90 Å². The van der Waals surface area contributed by atoms with Gasteiger partial charge in [-0.15, -0.1) is 0 Å². The van der Waals surface area contributed by atoms with E-state index in [1.165, 1.54) is 12.1 Å². The Labute approximate surface area is 163 Å². The minimum atomic E-state index is -3.62. The summed E-state index contributed by atoms with van der Waals surface area (Å²) in [5, 5.41) is 5.83. The number of hydrogen-bond donors (Lipinski definition) is 3. The highest BCUT2D eigenvalue weighted by Crippen LogP contribution is 2.09. The third-order valence-corrected chi connectivity index (χ3v) is 5.27. The molecule has 0 spiro atoms. The van der Waals surface area contributed by atoms with Crippen LogP contribution < -0.4 is 15.4 Å². The molecule has 0 unspecified atom stereocenters. The van der Waals surface area contributed by atoms with E-state index in [0.717, 1.165) is 0 Å². The SMILES string of the molecule is O=C(CCNS(=O)(=O)c1ccccc1)NCCNC(=O)c1ccc(Cl)cc1. The van der Waals surface area contributed by atoms with Gasteiger partial charge >= 0.3 is 0 Å². The first-order valence-corrected chi connectivity index (χ1v) is 10.1. The Bertz CT molecular complexity index is 871. The molecule has 144 valence electrons. The average molecular weight is 410 g/mol. The first kappa shape index (κ1) is 20.9. The van der Waals surface area contributed by atoms with Crippen LogP contribution in [0.2, 0.25) is 5.02 Å². The zero-order valence-corrected chi connectivity index (χ0v) is 16.0. The van der Waals surface area contributed by atoms with E-state index in [4.69, 9.17) is 11.6 Å². The number of carbonyl (C=O) groups excluding carboxylic acids is 2. The molecule has 0 atom stereocenters. The van der Waals surface area contributed by atoms with Crippen LogP contribution in [0.4, 0.5) is 0 Å². The minimum Gasteiger partial charge on any atom is -0.354 e. The van der Waals surface area contributed by atoms with Crippen LogP contribution in [0.1, 0.15) is 16.8 Å². The van der Waals surface area contributed by atoms with Crippen molar-refractivity contribution in [3.05, 3.63) is 65.2 Å². The Balaban J connectivity index is 1.64. The third kappa shape index (κ3) is 7.01. The standard InChI is InChI=1S/C18H20ClN3O4S/c19-15-8-6-14(7-9-15)18(24)21-13-12-20-17(23)10-11-22-27(25,26)16-4-2-1-3-5-16/h1-9,22H,10-13H2,(H,20,23)(H,21,24). The number of carbonyl (C=O) groups is 2. The molecule has 2 amide bonds. The highest BCUT2D eigenvalue weighted by Gasteiger charge is 2.13. The molecule has 9 heteroatoms. The van der Waals surface area contributed by atoms with Gasteiger partial charge in [0.25, 0.3) is 5.91 Å². The van der Waals surface area contributed by atoms with E-state index in [1.54, 1.807) is 42.5 Å². The summed E-state index contributed by atoms with van der Waals surface area (Å²) in [5.41, 5.74) is 0.473. The van der Waals surface area contributed by atoms with E-state index >= 15 is 0 Å². The summed E-state index contributed by atoms with van der Waals surface area (Å²) in [7, 11) is -3.62. The molecule has 2 aromatic rings. The van der Waals surface area contributed by atoms with E-state index < -0.39 is 10.0 Å². The van der Waals surface area contributed by atoms with Gasteiger partial charge < -0.3 is 10.6 Å². The van der Waals surface area contributed by atoms with Crippen molar-refractivity contribution in [3.63, 3.8) is 0 Å². The van der Waals surface area contributed by atoms with Crippen LogP contribution >= 0.6 is 11.6 Å². The van der Waals surface area contributed by atoms with Crippen LogP contribution in [0, 0.1) is 0 Å². The van der Waals surface area contributed by atoms with Crippen molar-refractivity contribution in [2.24, 2.45) is 0 Å². The van der Waals surface area contributed by atoms with Crippen LogP contribution in [0.3, 0.4) is 0 Å². The second kappa shape index (κ2) is 10.1. The summed E-state index contributed by atoms with van der Waals surface area (Å²) in [6.45, 7) is 0.479. The fourth-order valence-electron chi connectivity index (χ4n) is 2.15. The van der Waals surface area contributed by atoms with Crippen molar-refractivity contribution >= 4 is 33.4 Å². The van der Waals surface area contributed by atoms with Crippen molar-refractivity contribution in [2.75, 3.05) is 19.6 Å². The molecule has 7 nitrogen and oxygen atoms in total. The molecule has 0 bridgehead atoms. The number of halogens is 1. The molecular formula is C18H20ClN3O4S. The molecule has 27 heavy (non-hydrogen) atoms. The Morgan fingerprint density at radius 2 is 1.48 bits per heavy atom. The zero-order valence-electron chi connectivity index (χ0n) is 14.4. The topological polar surface area (TPSA) is 104 Å². The lowest BCUT2D eigenvalue weighted by molar-refractivity contribution is -0.120. The second-order valence-electron chi connectivity index (χ2n) is 5.57. The summed E-state index contributed by atoms with van der Waals surface area (Å²) in [4.78, 5) is 23.8. The van der Waals surface area contributed by atoms with E-state index in [0.29, 0.717) is 10.6 Å². The van der Waals surface area contributed by atoms with Gasteiger partial charge in [0.15, 0.2) is 0 Å². The van der Waals surface area contributed by atoms with E-state index in [2.05, 4.69) is 15.4 Å². The second-order valence-corrected chi connectivity index (χ2v) is 7.78. The monoisotopic (exact) mass is 409 g/mol. The third-order valence-electron chi connectivity index (χ3n) is 3.54. The molecule has 2 rings (SSSR count). The van der Waals surface area contributed by atoms with Crippen LogP contribution in [0.5, 0.6) is 0 Å². The molecule has 0 saturated heterocycles. The van der Waals surface area contributed by atoms with Gasteiger partial charge in [-0.25, -0.2) is 13.1 Å². The molecule has 0 aromatic heterocycles. The number of amides is 2. The highest BCUT2D eigenvalue weighted by atomic mass is 35.5. The molecular weight excluding hydrogens is 390 g/mol. The van der Waals surface area contributed by atoms with Gasteiger partial charge in [-0.2, -0.15) is 0 Å². The molecule has 3 N–H and O–H groups in total. The number of rotatable bonds is 9. The smallest absolute Gasteiger partial charge is 0.251 e. The van der Waals surface area contributed by atoms with Crippen molar-refractivity contribution in [1.82, 2.24) is 15.4 Å². The molecule has 0 radical (unpaired) electrons. The van der Waals surface area contributed by atoms with E-state index in [-0.39, 0.29) is 42.8 Å². The fraction of sp³-hybridized carbons (Fsp3) is 0.222. The lowest BCUT2D eigenvalue weighted by Gasteiger charge is -2.08. The minimum absolute atomic E-state index is 0.00278. The first-order valence-electron chi connectivity index (χ1n) is 8.24. The van der Waals surface area contributed by atoms with Crippen molar-refractivity contribution in [2.45, 2.75) is 11.3 Å². The predicted molar refractivity (Wildman–Crippen MR) is 103 cm³/mol. The zero-order chi connectivity index (χ0) is 19.7. The molecule has 0 aliphatic carbocycles. The van der Waals surface area contributed by atoms with Gasteiger partial charge in [-0.05, 0) is 36.4 Å². The Kier molecular flexibility index (Phi) is 7.78. The largest absolute Gasteiger partial charge is 0.354 e. The van der Waals surface area contributed by atoms with Crippen molar-refractivity contribution in [1.29, 1.82) is 0 Å². The lowest BCUT2D eigenvalue weighted by atomic mass is 10.2. The fourth-order valence-corrected chi connectivity index (χ4v) is 3.33.